The van der Waals surface area contributed by atoms with Crippen LogP contribution in [0.1, 0.15) is 42.4 Å². The zero-order valence-corrected chi connectivity index (χ0v) is 14.9. The summed E-state index contributed by atoms with van der Waals surface area (Å²) in [6, 6.07) is 17.1. The molecule has 0 radical (unpaired) electrons. The average Bonchev–Trinajstić information content (AvgIpc) is 2.60. The molecule has 0 aromatic heterocycles. The number of benzene rings is 2. The summed E-state index contributed by atoms with van der Waals surface area (Å²) in [4.78, 5) is 2.68. The summed E-state index contributed by atoms with van der Waals surface area (Å²) < 4.78 is 13.6. The summed E-state index contributed by atoms with van der Waals surface area (Å²) in [7, 11) is 0. The van der Waals surface area contributed by atoms with Crippen LogP contribution in [0, 0.1) is 12.7 Å². The van der Waals surface area contributed by atoms with Gasteiger partial charge in [-0.1, -0.05) is 54.5 Å². The van der Waals surface area contributed by atoms with E-state index < -0.39 is 0 Å². The predicted octanol–water partition coefficient (Wildman–Crippen LogP) is 5.43. The molecule has 2 atom stereocenters. The van der Waals surface area contributed by atoms with Crippen LogP contribution in [-0.2, 0) is 13.0 Å². The zero-order valence-electron chi connectivity index (χ0n) is 14.9. The third kappa shape index (κ3) is 3.69. The van der Waals surface area contributed by atoms with Crippen LogP contribution >= 0.6 is 0 Å². The second kappa shape index (κ2) is 7.13. The van der Waals surface area contributed by atoms with Gasteiger partial charge in [-0.2, -0.15) is 0 Å². The lowest BCUT2D eigenvalue weighted by atomic mass is 9.82. The molecule has 2 aliphatic heterocycles. The van der Waals surface area contributed by atoms with Gasteiger partial charge in [0.25, 0.3) is 0 Å². The Kier molecular flexibility index (Phi) is 4.72. The number of piperidine rings is 1. The largest absolute Gasteiger partial charge is 0.289 e. The van der Waals surface area contributed by atoms with Crippen LogP contribution in [0.25, 0.3) is 0 Å². The summed E-state index contributed by atoms with van der Waals surface area (Å²) in [5.74, 6) is -0.122. The Bertz CT molecular complexity index is 765. The summed E-state index contributed by atoms with van der Waals surface area (Å²) in [6.07, 6.45) is 8.35. The van der Waals surface area contributed by atoms with Crippen molar-refractivity contribution in [2.45, 2.75) is 57.7 Å². The Morgan fingerprint density at radius 1 is 1.08 bits per heavy atom. The molecular formula is C23H26FN. The van der Waals surface area contributed by atoms with E-state index in [1.54, 1.807) is 12.1 Å². The number of hydrogen-bond acceptors (Lipinski definition) is 1. The highest BCUT2D eigenvalue weighted by atomic mass is 19.1. The van der Waals surface area contributed by atoms with Gasteiger partial charge in [-0.25, -0.2) is 4.39 Å². The third-order valence-electron chi connectivity index (χ3n) is 5.79. The Morgan fingerprint density at radius 3 is 2.72 bits per heavy atom. The van der Waals surface area contributed by atoms with Gasteiger partial charge in [0, 0.05) is 18.6 Å². The van der Waals surface area contributed by atoms with Crippen LogP contribution in [0.4, 0.5) is 4.39 Å². The summed E-state index contributed by atoms with van der Waals surface area (Å²) in [6.45, 7) is 3.12. The number of halogens is 1. The van der Waals surface area contributed by atoms with Crippen molar-refractivity contribution in [2.75, 3.05) is 0 Å². The topological polar surface area (TPSA) is 3.24 Å². The van der Waals surface area contributed by atoms with Crippen molar-refractivity contribution in [2.24, 2.45) is 0 Å². The van der Waals surface area contributed by atoms with E-state index in [0.29, 0.717) is 12.1 Å². The Hall–Kier alpha value is -1.93. The van der Waals surface area contributed by atoms with E-state index in [1.807, 2.05) is 6.07 Å². The average molecular weight is 335 g/mol. The Labute approximate surface area is 150 Å². The number of hydrogen-bond donors (Lipinski definition) is 0. The molecule has 2 aromatic rings. The van der Waals surface area contributed by atoms with Crippen LogP contribution in [0.2, 0.25) is 0 Å². The van der Waals surface area contributed by atoms with Crippen molar-refractivity contribution in [3.63, 3.8) is 0 Å². The van der Waals surface area contributed by atoms with Crippen molar-refractivity contribution in [1.82, 2.24) is 4.90 Å². The van der Waals surface area contributed by atoms with Crippen LogP contribution in [-0.4, -0.2) is 17.0 Å². The first-order valence-corrected chi connectivity index (χ1v) is 9.43. The van der Waals surface area contributed by atoms with Gasteiger partial charge in [0.15, 0.2) is 0 Å². The molecule has 0 spiro atoms. The van der Waals surface area contributed by atoms with Crippen molar-refractivity contribution < 1.29 is 4.39 Å². The fraction of sp³-hybridized carbons (Fsp3) is 0.391. The molecule has 2 aliphatic rings. The number of aryl methyl sites for hydroxylation is 1. The van der Waals surface area contributed by atoms with Gasteiger partial charge in [-0.15, -0.1) is 0 Å². The molecule has 130 valence electrons. The molecule has 1 nitrogen and oxygen atoms in total. The van der Waals surface area contributed by atoms with E-state index in [0.717, 1.165) is 24.9 Å². The number of fused-ring (bicyclic) bond motifs is 2. The number of rotatable bonds is 4. The van der Waals surface area contributed by atoms with Gasteiger partial charge in [0.05, 0.1) is 0 Å². The van der Waals surface area contributed by atoms with Crippen LogP contribution in [0.3, 0.4) is 0 Å². The van der Waals surface area contributed by atoms with E-state index >= 15 is 0 Å². The van der Waals surface area contributed by atoms with E-state index in [1.165, 1.54) is 36.0 Å². The van der Waals surface area contributed by atoms with Gasteiger partial charge >= 0.3 is 0 Å². The minimum absolute atomic E-state index is 0.122. The monoisotopic (exact) mass is 335 g/mol. The molecule has 2 heterocycles. The van der Waals surface area contributed by atoms with Crippen LogP contribution in [0.5, 0.6) is 0 Å². The highest BCUT2D eigenvalue weighted by molar-refractivity contribution is 5.32. The first-order valence-electron chi connectivity index (χ1n) is 9.43. The van der Waals surface area contributed by atoms with Gasteiger partial charge in [-0.05, 0) is 61.4 Å². The van der Waals surface area contributed by atoms with Crippen molar-refractivity contribution >= 4 is 0 Å². The standard InChI is InChI=1S/C23H26FN/c1-17-10-11-21(24)15-20(17)12-19-13-22-8-5-9-23(14-19)25(22)16-18-6-3-2-4-7-18/h2-4,6-7,10-11,13,15,22-23H,5,8-9,12,14,16H2,1H3. The second-order valence-corrected chi connectivity index (χ2v) is 7.59. The molecule has 2 aromatic carbocycles. The molecule has 2 heteroatoms. The quantitative estimate of drug-likeness (QED) is 0.673. The van der Waals surface area contributed by atoms with Gasteiger partial charge in [0.1, 0.15) is 5.82 Å². The minimum Gasteiger partial charge on any atom is -0.289 e. The number of nitrogens with zero attached hydrogens (tertiary/aromatic N) is 1. The molecule has 1 saturated heterocycles. The zero-order chi connectivity index (χ0) is 17.2. The maximum Gasteiger partial charge on any atom is 0.123 e. The lowest BCUT2D eigenvalue weighted by Gasteiger charge is -2.45. The normalized spacial score (nSPS) is 23.4. The summed E-state index contributed by atoms with van der Waals surface area (Å²) in [5, 5.41) is 0. The lowest BCUT2D eigenvalue weighted by molar-refractivity contribution is 0.0880. The van der Waals surface area contributed by atoms with Crippen LogP contribution < -0.4 is 0 Å². The Balaban J connectivity index is 1.53. The Morgan fingerprint density at radius 2 is 1.92 bits per heavy atom. The fourth-order valence-corrected chi connectivity index (χ4v) is 4.45. The highest BCUT2D eigenvalue weighted by Gasteiger charge is 2.33. The molecule has 0 amide bonds. The van der Waals surface area contributed by atoms with Crippen molar-refractivity contribution in [3.05, 3.63) is 82.7 Å². The second-order valence-electron chi connectivity index (χ2n) is 7.59. The summed E-state index contributed by atoms with van der Waals surface area (Å²) >= 11 is 0. The molecule has 0 saturated carbocycles. The molecule has 0 aliphatic carbocycles. The van der Waals surface area contributed by atoms with E-state index in [9.17, 15) is 4.39 Å². The molecule has 2 bridgehead atoms. The maximum atomic E-state index is 13.6. The first-order chi connectivity index (χ1) is 12.2. The van der Waals surface area contributed by atoms with E-state index in [2.05, 4.69) is 48.2 Å². The minimum atomic E-state index is -0.122. The fourth-order valence-electron chi connectivity index (χ4n) is 4.45. The molecule has 4 rings (SSSR count). The SMILES string of the molecule is Cc1ccc(F)cc1CC1=CC2CCCC(C1)N2Cc1ccccc1. The molecular weight excluding hydrogens is 309 g/mol. The van der Waals surface area contributed by atoms with Gasteiger partial charge in [-0.3, -0.25) is 4.90 Å². The molecule has 1 fully saturated rings. The van der Waals surface area contributed by atoms with Gasteiger partial charge < -0.3 is 0 Å². The van der Waals surface area contributed by atoms with E-state index in [-0.39, 0.29) is 5.82 Å². The smallest absolute Gasteiger partial charge is 0.123 e. The van der Waals surface area contributed by atoms with Crippen molar-refractivity contribution in [1.29, 1.82) is 0 Å². The van der Waals surface area contributed by atoms with E-state index in [4.69, 9.17) is 0 Å². The molecule has 2 unspecified atom stereocenters. The molecule has 25 heavy (non-hydrogen) atoms. The maximum absolute atomic E-state index is 13.6. The predicted molar refractivity (Wildman–Crippen MR) is 101 cm³/mol. The molecule has 0 N–H and O–H groups in total. The van der Waals surface area contributed by atoms with Gasteiger partial charge in [0.2, 0.25) is 0 Å². The third-order valence-corrected chi connectivity index (χ3v) is 5.79. The first kappa shape index (κ1) is 16.5. The van der Waals surface area contributed by atoms with Crippen molar-refractivity contribution in [3.8, 4) is 0 Å². The lowest BCUT2D eigenvalue weighted by Crippen LogP contribution is -2.48. The summed E-state index contributed by atoms with van der Waals surface area (Å²) in [5.41, 5.74) is 5.23. The van der Waals surface area contributed by atoms with Crippen LogP contribution in [0.15, 0.2) is 60.2 Å². The highest BCUT2D eigenvalue weighted by Crippen LogP contribution is 2.35.